The van der Waals surface area contributed by atoms with Crippen molar-refractivity contribution < 1.29 is 9.47 Å². The summed E-state index contributed by atoms with van der Waals surface area (Å²) < 4.78 is 10.9. The normalized spacial score (nSPS) is 11.9. The van der Waals surface area contributed by atoms with Crippen LogP contribution < -0.4 is 14.8 Å². The first kappa shape index (κ1) is 29.8. The van der Waals surface area contributed by atoms with Crippen LogP contribution in [0.25, 0.3) is 43.5 Å². The molecule has 0 fully saturated rings. The molecule has 11 nitrogen and oxygen atoms in total. The lowest BCUT2D eigenvalue weighted by Crippen LogP contribution is -2.04. The molecule has 7 aromatic rings. The molecule has 8 rings (SSSR count). The molecule has 1 aliphatic rings. The summed E-state index contributed by atoms with van der Waals surface area (Å²) in [5.74, 6) is 3.43. The minimum absolute atomic E-state index is 0.271. The fourth-order valence-corrected chi connectivity index (χ4v) is 7.30. The van der Waals surface area contributed by atoms with Gasteiger partial charge >= 0.3 is 0 Å². The lowest BCUT2D eigenvalue weighted by Gasteiger charge is -2.10. The number of hydrogen-bond donors (Lipinski definition) is 1. The maximum atomic E-state index is 6.24. The van der Waals surface area contributed by atoms with E-state index in [0.29, 0.717) is 34.7 Å². The van der Waals surface area contributed by atoms with Gasteiger partial charge in [0.2, 0.25) is 6.79 Å². The average molecular weight is 668 g/mol. The van der Waals surface area contributed by atoms with E-state index >= 15 is 0 Å². The molecule has 230 valence electrons. The molecule has 0 atom stereocenters. The van der Waals surface area contributed by atoms with Gasteiger partial charge in [0.1, 0.15) is 32.0 Å². The van der Waals surface area contributed by atoms with E-state index in [0.717, 1.165) is 48.9 Å². The van der Waals surface area contributed by atoms with Crippen molar-refractivity contribution in [2.24, 2.45) is 0 Å². The van der Waals surface area contributed by atoms with Gasteiger partial charge in [0.05, 0.1) is 23.2 Å². The van der Waals surface area contributed by atoms with Crippen molar-refractivity contribution in [2.75, 3.05) is 12.1 Å². The van der Waals surface area contributed by atoms with Crippen LogP contribution in [0.15, 0.2) is 55.4 Å². The average Bonchev–Trinajstić information content (AvgIpc) is 3.75. The minimum atomic E-state index is 0.271. The van der Waals surface area contributed by atoms with Crippen LogP contribution in [0.5, 0.6) is 11.5 Å². The Morgan fingerprint density at radius 3 is 2.00 bits per heavy atom. The van der Waals surface area contributed by atoms with Crippen molar-refractivity contribution in [3.05, 3.63) is 87.0 Å². The van der Waals surface area contributed by atoms with Gasteiger partial charge in [0.15, 0.2) is 23.1 Å². The molecule has 6 aromatic heterocycles. The molecule has 0 aliphatic carbocycles. The summed E-state index contributed by atoms with van der Waals surface area (Å²) >= 11 is 9.52. The third kappa shape index (κ3) is 5.80. The van der Waals surface area contributed by atoms with E-state index in [1.807, 2.05) is 25.1 Å². The summed E-state index contributed by atoms with van der Waals surface area (Å²) in [4.78, 5) is 39.2. The van der Waals surface area contributed by atoms with Crippen LogP contribution in [0.3, 0.4) is 0 Å². The topological polar surface area (TPSA) is 134 Å². The Labute approximate surface area is 276 Å². The molecule has 0 spiro atoms. The number of nitrogens with one attached hydrogen (secondary N) is 1. The first-order valence-electron chi connectivity index (χ1n) is 14.2. The van der Waals surface area contributed by atoms with Gasteiger partial charge in [0.25, 0.3) is 0 Å². The molecule has 1 aliphatic heterocycles. The monoisotopic (exact) mass is 667 g/mol. The van der Waals surface area contributed by atoms with E-state index in [2.05, 4.69) is 56.0 Å². The van der Waals surface area contributed by atoms with Crippen LogP contribution in [-0.4, -0.2) is 46.7 Å². The number of nitrogens with zero attached hydrogens (tertiary/aromatic N) is 8. The van der Waals surface area contributed by atoms with Crippen LogP contribution >= 0.6 is 34.3 Å². The lowest BCUT2D eigenvalue weighted by molar-refractivity contribution is 0.174. The van der Waals surface area contributed by atoms with Gasteiger partial charge in [-0.25, -0.2) is 29.9 Å². The number of rotatable bonds is 5. The van der Waals surface area contributed by atoms with Gasteiger partial charge in [-0.1, -0.05) is 17.7 Å². The summed E-state index contributed by atoms with van der Waals surface area (Å²) in [6.07, 6.45) is 9.82. The minimum Gasteiger partial charge on any atom is -0.454 e. The SMILES string of the molecule is Cc1sc2nc(-c3cnccn3)nc(Cl)c2c1C.Cc1sc2nc(-c3cnccn3)nc(NCc3ccc4c(c3)OCO4)c2c1C. The largest absolute Gasteiger partial charge is 0.454 e. The summed E-state index contributed by atoms with van der Waals surface area (Å²) in [7, 11) is 0. The van der Waals surface area contributed by atoms with Gasteiger partial charge in [-0.15, -0.1) is 22.7 Å². The summed E-state index contributed by atoms with van der Waals surface area (Å²) in [6, 6.07) is 5.94. The van der Waals surface area contributed by atoms with Crippen molar-refractivity contribution in [1.29, 1.82) is 0 Å². The van der Waals surface area contributed by atoms with Crippen molar-refractivity contribution in [3.63, 3.8) is 0 Å². The number of hydrogen-bond acceptors (Lipinski definition) is 13. The Bertz CT molecular complexity index is 2210. The zero-order valence-corrected chi connectivity index (χ0v) is 27.6. The summed E-state index contributed by atoms with van der Waals surface area (Å²) in [5, 5.41) is 5.93. The number of aromatic nitrogens is 8. The highest BCUT2D eigenvalue weighted by Crippen LogP contribution is 2.37. The molecule has 0 bridgehead atoms. The molecule has 7 heterocycles. The van der Waals surface area contributed by atoms with Crippen molar-refractivity contribution in [3.8, 4) is 34.5 Å². The number of fused-ring (bicyclic) bond motifs is 3. The molecular formula is C32H26ClN9O2S2. The summed E-state index contributed by atoms with van der Waals surface area (Å²) in [5.41, 5.74) is 4.70. The Kier molecular flexibility index (Phi) is 8.11. The quantitative estimate of drug-likeness (QED) is 0.183. The maximum Gasteiger partial charge on any atom is 0.231 e. The molecule has 0 saturated heterocycles. The van der Waals surface area contributed by atoms with Gasteiger partial charge in [-0.3, -0.25) is 9.97 Å². The first-order chi connectivity index (χ1) is 22.4. The number of aryl methyl sites for hydroxylation is 4. The van der Waals surface area contributed by atoms with Gasteiger partial charge in [-0.2, -0.15) is 0 Å². The van der Waals surface area contributed by atoms with Crippen LogP contribution in [0.2, 0.25) is 5.15 Å². The molecule has 14 heteroatoms. The van der Waals surface area contributed by atoms with Crippen LogP contribution in [0, 0.1) is 27.7 Å². The fourth-order valence-electron chi connectivity index (χ4n) is 4.87. The predicted octanol–water partition coefficient (Wildman–Crippen LogP) is 7.52. The van der Waals surface area contributed by atoms with Gasteiger partial charge in [0, 0.05) is 41.1 Å². The fraction of sp³-hybridized carbons (Fsp3) is 0.188. The standard InChI is InChI=1S/C20H17N5O2S.C12H9ClN4S/c1-11-12(2)28-20-17(11)19(24-18(25-20)14-9-21-5-6-22-14)23-8-13-3-4-15-16(7-13)27-10-26-15;1-6-7(2)18-12-9(6)10(13)16-11(17-12)8-5-14-3-4-15-8/h3-7,9H,8,10H2,1-2H3,(H,23,24,25);3-5H,1-2H3. The van der Waals surface area contributed by atoms with E-state index in [9.17, 15) is 0 Å². The van der Waals surface area contributed by atoms with Gasteiger partial charge in [-0.05, 0) is 56.5 Å². The van der Waals surface area contributed by atoms with Crippen LogP contribution in [0.1, 0.15) is 26.4 Å². The van der Waals surface area contributed by atoms with E-state index in [1.165, 1.54) is 15.3 Å². The molecule has 0 saturated carbocycles. The van der Waals surface area contributed by atoms with E-state index in [1.54, 1.807) is 59.9 Å². The molecule has 0 amide bonds. The van der Waals surface area contributed by atoms with Crippen molar-refractivity contribution in [1.82, 2.24) is 39.9 Å². The molecule has 0 radical (unpaired) electrons. The Balaban J connectivity index is 0.000000162. The number of anilines is 1. The third-order valence-corrected chi connectivity index (χ3v) is 9.97. The number of ether oxygens (including phenoxy) is 2. The maximum absolute atomic E-state index is 6.24. The Morgan fingerprint density at radius 1 is 0.739 bits per heavy atom. The Morgan fingerprint density at radius 2 is 1.35 bits per heavy atom. The highest BCUT2D eigenvalue weighted by Gasteiger charge is 2.18. The third-order valence-electron chi connectivity index (χ3n) is 7.49. The molecule has 1 aromatic carbocycles. The van der Waals surface area contributed by atoms with Crippen LogP contribution in [0.4, 0.5) is 5.82 Å². The zero-order valence-electron chi connectivity index (χ0n) is 25.2. The van der Waals surface area contributed by atoms with E-state index in [4.69, 9.17) is 31.0 Å². The smallest absolute Gasteiger partial charge is 0.231 e. The summed E-state index contributed by atoms with van der Waals surface area (Å²) in [6.45, 7) is 9.17. The zero-order chi connectivity index (χ0) is 31.8. The number of benzene rings is 1. The van der Waals surface area contributed by atoms with E-state index in [-0.39, 0.29) is 6.79 Å². The molecular weight excluding hydrogens is 642 g/mol. The Hall–Kier alpha value is -4.85. The molecule has 46 heavy (non-hydrogen) atoms. The van der Waals surface area contributed by atoms with Crippen molar-refractivity contribution >= 4 is 60.5 Å². The number of thiophene rings is 2. The number of halogens is 1. The second kappa shape index (κ2) is 12.5. The second-order valence-electron chi connectivity index (χ2n) is 10.4. The van der Waals surface area contributed by atoms with E-state index < -0.39 is 0 Å². The van der Waals surface area contributed by atoms with Gasteiger partial charge < -0.3 is 14.8 Å². The second-order valence-corrected chi connectivity index (χ2v) is 13.1. The highest BCUT2D eigenvalue weighted by molar-refractivity contribution is 7.19. The first-order valence-corrected chi connectivity index (χ1v) is 16.2. The molecule has 1 N–H and O–H groups in total. The predicted molar refractivity (Wildman–Crippen MR) is 181 cm³/mol. The molecule has 0 unspecified atom stereocenters. The highest BCUT2D eigenvalue weighted by atomic mass is 35.5. The lowest BCUT2D eigenvalue weighted by atomic mass is 10.2. The van der Waals surface area contributed by atoms with Crippen LogP contribution in [-0.2, 0) is 6.54 Å². The van der Waals surface area contributed by atoms with Crippen molar-refractivity contribution in [2.45, 2.75) is 34.2 Å².